The Labute approximate surface area is 150 Å². The summed E-state index contributed by atoms with van der Waals surface area (Å²) in [4.78, 5) is 26.3. The Morgan fingerprint density at radius 2 is 2.24 bits per heavy atom. The highest BCUT2D eigenvalue weighted by atomic mass is 35.5. The molecule has 2 aliphatic heterocycles. The lowest BCUT2D eigenvalue weighted by Crippen LogP contribution is -2.33. The van der Waals surface area contributed by atoms with Gasteiger partial charge in [0.2, 0.25) is 11.8 Å². The molecule has 1 atom stereocenters. The van der Waals surface area contributed by atoms with E-state index < -0.39 is 0 Å². The molecule has 1 saturated heterocycles. The maximum atomic E-state index is 12.5. The summed E-state index contributed by atoms with van der Waals surface area (Å²) in [6, 6.07) is 7.11. The van der Waals surface area contributed by atoms with Crippen LogP contribution in [0.2, 0.25) is 5.02 Å². The van der Waals surface area contributed by atoms with Gasteiger partial charge in [0.1, 0.15) is 5.82 Å². The van der Waals surface area contributed by atoms with E-state index in [1.165, 1.54) is 0 Å². The third kappa shape index (κ3) is 3.11. The molecule has 0 unspecified atom stereocenters. The van der Waals surface area contributed by atoms with Crippen molar-refractivity contribution in [2.45, 2.75) is 32.4 Å². The molecule has 2 aliphatic rings. The summed E-state index contributed by atoms with van der Waals surface area (Å²) in [7, 11) is 0. The van der Waals surface area contributed by atoms with Crippen LogP contribution < -0.4 is 10.2 Å². The summed E-state index contributed by atoms with van der Waals surface area (Å²) < 4.78 is 2.05. The van der Waals surface area contributed by atoms with Gasteiger partial charge in [0.25, 0.3) is 0 Å². The summed E-state index contributed by atoms with van der Waals surface area (Å²) >= 11 is 5.99. The number of amides is 2. The fourth-order valence-corrected chi connectivity index (χ4v) is 3.61. The molecule has 1 N–H and O–H groups in total. The zero-order valence-corrected chi connectivity index (χ0v) is 14.4. The lowest BCUT2D eigenvalue weighted by molar-refractivity contribution is -0.126. The topological polar surface area (TPSA) is 80.1 Å². The van der Waals surface area contributed by atoms with E-state index in [9.17, 15) is 9.59 Å². The minimum absolute atomic E-state index is 0.0641. The number of halogens is 1. The molecular weight excluding hydrogens is 342 g/mol. The van der Waals surface area contributed by atoms with E-state index in [2.05, 4.69) is 20.1 Å². The second kappa shape index (κ2) is 6.48. The summed E-state index contributed by atoms with van der Waals surface area (Å²) in [5, 5.41) is 11.7. The molecule has 2 aromatic rings. The average molecular weight is 360 g/mol. The van der Waals surface area contributed by atoms with Crippen molar-refractivity contribution in [2.24, 2.45) is 5.92 Å². The van der Waals surface area contributed by atoms with Gasteiger partial charge in [0, 0.05) is 36.6 Å². The number of fused-ring (bicyclic) bond motifs is 1. The van der Waals surface area contributed by atoms with Gasteiger partial charge in [-0.15, -0.1) is 10.2 Å². The van der Waals surface area contributed by atoms with Crippen LogP contribution in [0.25, 0.3) is 0 Å². The smallest absolute Gasteiger partial charge is 0.227 e. The molecule has 0 spiro atoms. The van der Waals surface area contributed by atoms with Gasteiger partial charge in [-0.2, -0.15) is 0 Å². The molecule has 130 valence electrons. The van der Waals surface area contributed by atoms with E-state index in [-0.39, 0.29) is 24.2 Å². The van der Waals surface area contributed by atoms with Crippen LogP contribution in [-0.2, 0) is 29.1 Å². The lowest BCUT2D eigenvalue weighted by Gasteiger charge is -2.17. The molecule has 1 fully saturated rings. The van der Waals surface area contributed by atoms with Gasteiger partial charge in [-0.05, 0) is 24.6 Å². The SMILES string of the molecule is O=C(NCc1nnc2n1CCC2)[C@@H]1CC(=O)N(c2cccc(Cl)c2)C1. The van der Waals surface area contributed by atoms with Crippen molar-refractivity contribution in [3.8, 4) is 0 Å². The highest BCUT2D eigenvalue weighted by Gasteiger charge is 2.35. The Kier molecular flexibility index (Phi) is 4.17. The van der Waals surface area contributed by atoms with Crippen molar-refractivity contribution < 1.29 is 9.59 Å². The Morgan fingerprint density at radius 1 is 1.36 bits per heavy atom. The maximum Gasteiger partial charge on any atom is 0.227 e. The predicted octanol–water partition coefficient (Wildman–Crippen LogP) is 1.55. The summed E-state index contributed by atoms with van der Waals surface area (Å²) in [5.41, 5.74) is 0.725. The van der Waals surface area contributed by atoms with Crippen molar-refractivity contribution in [3.63, 3.8) is 0 Å². The van der Waals surface area contributed by atoms with Crippen molar-refractivity contribution in [3.05, 3.63) is 40.9 Å². The normalized spacial score (nSPS) is 19.3. The first-order chi connectivity index (χ1) is 12.1. The van der Waals surface area contributed by atoms with Crippen LogP contribution in [0.3, 0.4) is 0 Å². The Balaban J connectivity index is 1.39. The molecule has 0 bridgehead atoms. The first kappa shape index (κ1) is 16.1. The highest BCUT2D eigenvalue weighted by molar-refractivity contribution is 6.30. The van der Waals surface area contributed by atoms with Gasteiger partial charge in [0.15, 0.2) is 5.82 Å². The minimum Gasteiger partial charge on any atom is -0.348 e. The standard InChI is InChI=1S/C17H18ClN5O2/c18-12-3-1-4-13(8-12)23-10-11(7-16(23)24)17(25)19-9-15-21-20-14-5-2-6-22(14)15/h1,3-4,8,11H,2,5-7,9-10H2,(H,19,25)/t11-/m1/s1. The third-order valence-corrected chi connectivity index (χ3v) is 4.96. The number of hydrogen-bond acceptors (Lipinski definition) is 4. The van der Waals surface area contributed by atoms with Gasteiger partial charge in [-0.25, -0.2) is 0 Å². The first-order valence-corrected chi connectivity index (χ1v) is 8.74. The van der Waals surface area contributed by atoms with Gasteiger partial charge < -0.3 is 14.8 Å². The monoisotopic (exact) mass is 359 g/mol. The van der Waals surface area contributed by atoms with Crippen molar-refractivity contribution in [2.75, 3.05) is 11.4 Å². The number of nitrogens with zero attached hydrogens (tertiary/aromatic N) is 4. The van der Waals surface area contributed by atoms with E-state index in [4.69, 9.17) is 11.6 Å². The minimum atomic E-state index is -0.368. The van der Waals surface area contributed by atoms with Gasteiger partial charge in [0.05, 0.1) is 12.5 Å². The Morgan fingerprint density at radius 3 is 3.08 bits per heavy atom. The Bertz CT molecular complexity index is 834. The van der Waals surface area contributed by atoms with E-state index in [0.29, 0.717) is 18.1 Å². The number of anilines is 1. The molecular formula is C17H18ClN5O2. The van der Waals surface area contributed by atoms with Gasteiger partial charge >= 0.3 is 0 Å². The van der Waals surface area contributed by atoms with Crippen LogP contribution in [0.1, 0.15) is 24.5 Å². The predicted molar refractivity (Wildman–Crippen MR) is 92.1 cm³/mol. The summed E-state index contributed by atoms with van der Waals surface area (Å²) in [5.74, 6) is 1.19. The molecule has 0 aliphatic carbocycles. The maximum absolute atomic E-state index is 12.5. The van der Waals surface area contributed by atoms with Crippen molar-refractivity contribution in [1.82, 2.24) is 20.1 Å². The van der Waals surface area contributed by atoms with Crippen LogP contribution in [0.5, 0.6) is 0 Å². The van der Waals surface area contributed by atoms with Crippen molar-refractivity contribution >= 4 is 29.1 Å². The zero-order valence-electron chi connectivity index (χ0n) is 13.6. The fraction of sp³-hybridized carbons (Fsp3) is 0.412. The number of rotatable bonds is 4. The number of hydrogen-bond donors (Lipinski definition) is 1. The van der Waals surface area contributed by atoms with Crippen LogP contribution in [-0.4, -0.2) is 33.1 Å². The van der Waals surface area contributed by atoms with E-state index >= 15 is 0 Å². The van der Waals surface area contributed by atoms with Gasteiger partial charge in [-0.1, -0.05) is 17.7 Å². The molecule has 3 heterocycles. The molecule has 2 amide bonds. The molecule has 1 aromatic heterocycles. The number of aryl methyl sites for hydroxylation is 1. The molecule has 25 heavy (non-hydrogen) atoms. The second-order valence-corrected chi connectivity index (χ2v) is 6.83. The third-order valence-electron chi connectivity index (χ3n) is 4.72. The lowest BCUT2D eigenvalue weighted by atomic mass is 10.1. The largest absolute Gasteiger partial charge is 0.348 e. The highest BCUT2D eigenvalue weighted by Crippen LogP contribution is 2.27. The van der Waals surface area contributed by atoms with E-state index in [0.717, 1.165) is 36.7 Å². The second-order valence-electron chi connectivity index (χ2n) is 6.39. The quantitative estimate of drug-likeness (QED) is 0.898. The van der Waals surface area contributed by atoms with Crippen LogP contribution >= 0.6 is 11.6 Å². The molecule has 7 nitrogen and oxygen atoms in total. The molecule has 1 aromatic carbocycles. The molecule has 8 heteroatoms. The number of benzene rings is 1. The molecule has 4 rings (SSSR count). The van der Waals surface area contributed by atoms with Crippen LogP contribution in [0.15, 0.2) is 24.3 Å². The molecule has 0 radical (unpaired) electrons. The number of nitrogens with one attached hydrogen (secondary N) is 1. The van der Waals surface area contributed by atoms with E-state index in [1.54, 1.807) is 23.1 Å². The summed E-state index contributed by atoms with van der Waals surface area (Å²) in [6.07, 6.45) is 2.21. The van der Waals surface area contributed by atoms with Gasteiger partial charge in [-0.3, -0.25) is 9.59 Å². The van der Waals surface area contributed by atoms with Crippen LogP contribution in [0, 0.1) is 5.92 Å². The first-order valence-electron chi connectivity index (χ1n) is 8.36. The van der Waals surface area contributed by atoms with Crippen molar-refractivity contribution in [1.29, 1.82) is 0 Å². The number of aromatic nitrogens is 3. The van der Waals surface area contributed by atoms with E-state index in [1.807, 2.05) is 6.07 Å². The fourth-order valence-electron chi connectivity index (χ4n) is 3.43. The number of carbonyl (C=O) groups excluding carboxylic acids is 2. The zero-order chi connectivity index (χ0) is 17.4. The average Bonchev–Trinajstić information content (AvgIpc) is 3.28. The molecule has 0 saturated carbocycles. The van der Waals surface area contributed by atoms with Crippen LogP contribution in [0.4, 0.5) is 5.69 Å². The Hall–Kier alpha value is -2.41. The summed E-state index contributed by atoms with van der Waals surface area (Å²) in [6.45, 7) is 1.61. The number of carbonyl (C=O) groups is 2.